The van der Waals surface area contributed by atoms with E-state index in [1.165, 1.54) is 6.92 Å². The Balaban J connectivity index is 2.22. The molecule has 2 aromatic carbocycles. The van der Waals surface area contributed by atoms with Crippen LogP contribution in [0.4, 0.5) is 11.4 Å². The molecular formula is C16H15IN2O2. The first-order valence-corrected chi connectivity index (χ1v) is 7.49. The van der Waals surface area contributed by atoms with Crippen LogP contribution in [0.25, 0.3) is 0 Å². The van der Waals surface area contributed by atoms with Crippen LogP contribution in [-0.4, -0.2) is 11.8 Å². The Labute approximate surface area is 137 Å². The van der Waals surface area contributed by atoms with E-state index in [-0.39, 0.29) is 11.8 Å². The monoisotopic (exact) mass is 394 g/mol. The Morgan fingerprint density at radius 3 is 2.48 bits per heavy atom. The molecule has 5 heteroatoms. The van der Waals surface area contributed by atoms with Gasteiger partial charge >= 0.3 is 0 Å². The van der Waals surface area contributed by atoms with Gasteiger partial charge in [0.15, 0.2) is 0 Å². The number of rotatable bonds is 3. The van der Waals surface area contributed by atoms with Gasteiger partial charge < -0.3 is 10.6 Å². The van der Waals surface area contributed by atoms with Crippen molar-refractivity contribution in [3.8, 4) is 0 Å². The molecule has 0 fully saturated rings. The summed E-state index contributed by atoms with van der Waals surface area (Å²) < 4.78 is 1.00. The molecule has 0 unspecified atom stereocenters. The molecule has 4 nitrogen and oxygen atoms in total. The molecule has 0 aliphatic heterocycles. The number of aryl methyl sites for hydroxylation is 1. The molecule has 2 amide bonds. The van der Waals surface area contributed by atoms with Crippen LogP contribution in [0.3, 0.4) is 0 Å². The van der Waals surface area contributed by atoms with Gasteiger partial charge in [0.2, 0.25) is 5.91 Å². The topological polar surface area (TPSA) is 58.2 Å². The van der Waals surface area contributed by atoms with Crippen molar-refractivity contribution in [3.63, 3.8) is 0 Å². The van der Waals surface area contributed by atoms with Gasteiger partial charge in [0.05, 0.1) is 0 Å². The lowest BCUT2D eigenvalue weighted by atomic mass is 10.1. The summed E-state index contributed by atoms with van der Waals surface area (Å²) in [6.45, 7) is 3.35. The zero-order chi connectivity index (χ0) is 15.4. The molecule has 0 saturated carbocycles. The minimum atomic E-state index is -0.170. The molecule has 0 bridgehead atoms. The molecule has 0 aliphatic rings. The largest absolute Gasteiger partial charge is 0.326 e. The second kappa shape index (κ2) is 6.71. The van der Waals surface area contributed by atoms with Gasteiger partial charge in [-0.05, 0) is 65.4 Å². The van der Waals surface area contributed by atoms with Gasteiger partial charge in [-0.25, -0.2) is 0 Å². The van der Waals surface area contributed by atoms with Crippen LogP contribution in [0.1, 0.15) is 22.8 Å². The highest BCUT2D eigenvalue weighted by Crippen LogP contribution is 2.21. The van der Waals surface area contributed by atoms with Crippen molar-refractivity contribution in [1.29, 1.82) is 0 Å². The van der Waals surface area contributed by atoms with Crippen LogP contribution in [0, 0.1) is 10.5 Å². The van der Waals surface area contributed by atoms with E-state index < -0.39 is 0 Å². The number of halogens is 1. The van der Waals surface area contributed by atoms with Gasteiger partial charge in [-0.2, -0.15) is 0 Å². The number of carbonyl (C=O) groups is 2. The molecule has 2 rings (SSSR count). The highest BCUT2D eigenvalue weighted by molar-refractivity contribution is 14.1. The van der Waals surface area contributed by atoms with E-state index in [0.717, 1.165) is 9.13 Å². The van der Waals surface area contributed by atoms with Crippen molar-refractivity contribution in [2.45, 2.75) is 13.8 Å². The lowest BCUT2D eigenvalue weighted by molar-refractivity contribution is -0.114. The Kier molecular flexibility index (Phi) is 4.95. The summed E-state index contributed by atoms with van der Waals surface area (Å²) in [7, 11) is 0. The number of carbonyl (C=O) groups excluding carboxylic acids is 2. The Hall–Kier alpha value is -1.89. The average molecular weight is 394 g/mol. The summed E-state index contributed by atoms with van der Waals surface area (Å²) in [4.78, 5) is 23.3. The number of hydrogen-bond donors (Lipinski definition) is 2. The molecule has 2 aromatic rings. The summed E-state index contributed by atoms with van der Waals surface area (Å²) in [6.07, 6.45) is 0. The Morgan fingerprint density at radius 1 is 1.05 bits per heavy atom. The smallest absolute Gasteiger partial charge is 0.255 e. The highest BCUT2D eigenvalue weighted by atomic mass is 127. The molecule has 21 heavy (non-hydrogen) atoms. The molecule has 0 aromatic heterocycles. The molecule has 0 heterocycles. The molecule has 0 aliphatic carbocycles. The lowest BCUT2D eigenvalue weighted by Crippen LogP contribution is -2.13. The van der Waals surface area contributed by atoms with Gasteiger partial charge in [-0.3, -0.25) is 9.59 Å². The standard InChI is InChI=1S/C16H15IN2O2/c1-10-6-7-14(18-11(2)20)9-15(10)19-16(21)12-4-3-5-13(17)8-12/h3-9H,1-2H3,(H,18,20)(H,19,21). The number of anilines is 2. The van der Waals surface area contributed by atoms with Crippen molar-refractivity contribution < 1.29 is 9.59 Å². The predicted molar refractivity (Wildman–Crippen MR) is 92.6 cm³/mol. The van der Waals surface area contributed by atoms with Crippen molar-refractivity contribution >= 4 is 45.8 Å². The maximum absolute atomic E-state index is 12.3. The van der Waals surface area contributed by atoms with Crippen LogP contribution in [0.2, 0.25) is 0 Å². The van der Waals surface area contributed by atoms with Gasteiger partial charge in [0, 0.05) is 27.4 Å². The maximum Gasteiger partial charge on any atom is 0.255 e. The van der Waals surface area contributed by atoms with Gasteiger partial charge in [-0.1, -0.05) is 12.1 Å². The third-order valence-electron chi connectivity index (χ3n) is 2.89. The number of amides is 2. The van der Waals surface area contributed by atoms with Crippen molar-refractivity contribution in [2.24, 2.45) is 0 Å². The fourth-order valence-corrected chi connectivity index (χ4v) is 2.40. The second-order valence-corrected chi connectivity index (χ2v) is 5.92. The highest BCUT2D eigenvalue weighted by Gasteiger charge is 2.09. The van der Waals surface area contributed by atoms with Gasteiger partial charge in [-0.15, -0.1) is 0 Å². The molecule has 2 N–H and O–H groups in total. The van der Waals surface area contributed by atoms with E-state index in [2.05, 4.69) is 33.2 Å². The summed E-state index contributed by atoms with van der Waals surface area (Å²) in [5.41, 5.74) is 2.88. The zero-order valence-electron chi connectivity index (χ0n) is 11.7. The fraction of sp³-hybridized carbons (Fsp3) is 0.125. The normalized spacial score (nSPS) is 10.0. The molecule has 108 valence electrons. The van der Waals surface area contributed by atoms with E-state index in [1.807, 2.05) is 31.2 Å². The first-order chi connectivity index (χ1) is 9.95. The molecule has 0 saturated heterocycles. The van der Waals surface area contributed by atoms with Crippen LogP contribution < -0.4 is 10.6 Å². The zero-order valence-corrected chi connectivity index (χ0v) is 13.9. The third kappa shape index (κ3) is 4.29. The van der Waals surface area contributed by atoms with Crippen LogP contribution in [0.5, 0.6) is 0 Å². The average Bonchev–Trinajstić information content (AvgIpc) is 2.42. The van der Waals surface area contributed by atoms with E-state index >= 15 is 0 Å². The van der Waals surface area contributed by atoms with Gasteiger partial charge in [0.1, 0.15) is 0 Å². The van der Waals surface area contributed by atoms with E-state index in [4.69, 9.17) is 0 Å². The molecular weight excluding hydrogens is 379 g/mol. The van der Waals surface area contributed by atoms with E-state index in [0.29, 0.717) is 16.9 Å². The predicted octanol–water partition coefficient (Wildman–Crippen LogP) is 3.81. The summed E-state index contributed by atoms with van der Waals surface area (Å²) in [5, 5.41) is 5.58. The van der Waals surface area contributed by atoms with Crippen molar-refractivity contribution in [1.82, 2.24) is 0 Å². The first-order valence-electron chi connectivity index (χ1n) is 6.41. The number of hydrogen-bond acceptors (Lipinski definition) is 2. The summed E-state index contributed by atoms with van der Waals surface area (Å²) in [5.74, 6) is -0.315. The lowest BCUT2D eigenvalue weighted by Gasteiger charge is -2.11. The first kappa shape index (κ1) is 15.5. The van der Waals surface area contributed by atoms with Crippen molar-refractivity contribution in [3.05, 3.63) is 57.2 Å². The van der Waals surface area contributed by atoms with Gasteiger partial charge in [0.25, 0.3) is 5.91 Å². The van der Waals surface area contributed by atoms with Crippen LogP contribution >= 0.6 is 22.6 Å². The fourth-order valence-electron chi connectivity index (χ4n) is 1.86. The van der Waals surface area contributed by atoms with Crippen molar-refractivity contribution in [2.75, 3.05) is 10.6 Å². The second-order valence-electron chi connectivity index (χ2n) is 4.68. The van der Waals surface area contributed by atoms with E-state index in [9.17, 15) is 9.59 Å². The molecule has 0 spiro atoms. The van der Waals surface area contributed by atoms with Crippen LogP contribution in [-0.2, 0) is 4.79 Å². The van der Waals surface area contributed by atoms with Crippen LogP contribution in [0.15, 0.2) is 42.5 Å². The summed E-state index contributed by atoms with van der Waals surface area (Å²) >= 11 is 2.17. The summed E-state index contributed by atoms with van der Waals surface area (Å²) in [6, 6.07) is 12.8. The minimum absolute atomic E-state index is 0.145. The number of benzene rings is 2. The molecule has 0 atom stereocenters. The Morgan fingerprint density at radius 2 is 1.81 bits per heavy atom. The Bertz CT molecular complexity index is 698. The third-order valence-corrected chi connectivity index (χ3v) is 3.56. The SMILES string of the molecule is CC(=O)Nc1ccc(C)c(NC(=O)c2cccc(I)c2)c1. The maximum atomic E-state index is 12.3. The van der Waals surface area contributed by atoms with E-state index in [1.54, 1.807) is 18.2 Å². The molecule has 0 radical (unpaired) electrons. The number of nitrogens with one attached hydrogen (secondary N) is 2. The quantitative estimate of drug-likeness (QED) is 0.778. The minimum Gasteiger partial charge on any atom is -0.326 e.